The number of carbonyl (C=O) groups excluding carboxylic acids is 1. The average molecular weight is 418 g/mol. The second-order valence-corrected chi connectivity index (χ2v) is 9.27. The van der Waals surface area contributed by atoms with Crippen molar-refractivity contribution in [3.8, 4) is 0 Å². The van der Waals surface area contributed by atoms with Crippen LogP contribution in [-0.2, 0) is 9.53 Å². The lowest BCUT2D eigenvalue weighted by molar-refractivity contribution is -0.120. The highest BCUT2D eigenvalue weighted by Crippen LogP contribution is 2.39. The van der Waals surface area contributed by atoms with E-state index in [-0.39, 0.29) is 22.8 Å². The monoisotopic (exact) mass is 417 g/mol. The first-order chi connectivity index (χ1) is 13.9. The van der Waals surface area contributed by atoms with Crippen molar-refractivity contribution in [3.05, 3.63) is 34.6 Å². The Morgan fingerprint density at radius 3 is 2.86 bits per heavy atom. The molecule has 1 N–H and O–H groups in total. The van der Waals surface area contributed by atoms with Crippen molar-refractivity contribution in [1.29, 1.82) is 0 Å². The molecule has 6 nitrogen and oxygen atoms in total. The van der Waals surface area contributed by atoms with Gasteiger partial charge in [-0.1, -0.05) is 50.6 Å². The number of methoxy groups -OCH3 is 1. The summed E-state index contributed by atoms with van der Waals surface area (Å²) in [4.78, 5) is 30.7. The summed E-state index contributed by atoms with van der Waals surface area (Å²) in [6.07, 6.45) is 3.26. The Morgan fingerprint density at radius 1 is 1.34 bits per heavy atom. The van der Waals surface area contributed by atoms with E-state index in [0.717, 1.165) is 12.8 Å². The van der Waals surface area contributed by atoms with Gasteiger partial charge in [-0.2, -0.15) is 0 Å². The number of hydrogen-bond acceptors (Lipinski definition) is 5. The number of hydrogen-bond donors (Lipinski definition) is 1. The third-order valence-corrected chi connectivity index (χ3v) is 7.09. The number of carbonyl (C=O) groups is 1. The number of para-hydroxylation sites is 1. The molecule has 1 aromatic carbocycles. The van der Waals surface area contributed by atoms with Gasteiger partial charge in [-0.3, -0.25) is 14.2 Å². The minimum atomic E-state index is -0.359. The van der Waals surface area contributed by atoms with Gasteiger partial charge in [-0.05, 0) is 37.3 Å². The van der Waals surface area contributed by atoms with Gasteiger partial charge in [0.15, 0.2) is 5.16 Å². The van der Waals surface area contributed by atoms with Crippen LogP contribution in [0.25, 0.3) is 10.9 Å². The van der Waals surface area contributed by atoms with Gasteiger partial charge in [-0.25, -0.2) is 4.98 Å². The molecule has 0 bridgehead atoms. The standard InChI is InChI=1S/C22H31N3O3S/c1-14-8-7-11-19(15(14)2)25-21(27)17-9-5-6-10-18(17)24-22(25)29-16(3)20(26)23-12-13-28-4/h5-6,9-10,14-16,19H,7-8,11-13H2,1-4H3,(H,23,26)/t14-,15+,16-,19+/m0/s1. The first kappa shape index (κ1) is 21.8. The topological polar surface area (TPSA) is 73.2 Å². The van der Waals surface area contributed by atoms with Crippen molar-refractivity contribution < 1.29 is 9.53 Å². The molecule has 4 atom stereocenters. The Labute approximate surface area is 176 Å². The summed E-state index contributed by atoms with van der Waals surface area (Å²) in [6, 6.07) is 7.57. The number of thioether (sulfide) groups is 1. The molecule has 158 valence electrons. The maximum absolute atomic E-state index is 13.5. The van der Waals surface area contributed by atoms with Crippen LogP contribution in [0.4, 0.5) is 0 Å². The molecule has 1 aromatic heterocycles. The van der Waals surface area contributed by atoms with Gasteiger partial charge in [0, 0.05) is 19.7 Å². The van der Waals surface area contributed by atoms with E-state index in [1.54, 1.807) is 7.11 Å². The summed E-state index contributed by atoms with van der Waals surface area (Å²) in [5.41, 5.74) is 0.677. The summed E-state index contributed by atoms with van der Waals surface area (Å²) in [7, 11) is 1.61. The molecule has 1 fully saturated rings. The Morgan fingerprint density at radius 2 is 2.10 bits per heavy atom. The number of ether oxygens (including phenoxy) is 1. The number of nitrogens with zero attached hydrogens (tertiary/aromatic N) is 2. The van der Waals surface area contributed by atoms with E-state index in [4.69, 9.17) is 9.72 Å². The van der Waals surface area contributed by atoms with E-state index in [1.165, 1.54) is 18.2 Å². The second kappa shape index (κ2) is 9.76. The van der Waals surface area contributed by atoms with Gasteiger partial charge in [0.05, 0.1) is 22.8 Å². The Bertz CT molecular complexity index is 914. The highest BCUT2D eigenvalue weighted by atomic mass is 32.2. The van der Waals surface area contributed by atoms with Crippen LogP contribution in [0.2, 0.25) is 0 Å². The van der Waals surface area contributed by atoms with Crippen molar-refractivity contribution in [1.82, 2.24) is 14.9 Å². The lowest BCUT2D eigenvalue weighted by Gasteiger charge is -2.36. The third kappa shape index (κ3) is 4.83. The van der Waals surface area contributed by atoms with Gasteiger partial charge in [0.25, 0.3) is 5.56 Å². The predicted octanol–water partition coefficient (Wildman–Crippen LogP) is 3.64. The minimum absolute atomic E-state index is 0.00367. The Hall–Kier alpha value is -1.86. The first-order valence-electron chi connectivity index (χ1n) is 10.4. The molecule has 0 radical (unpaired) electrons. The molecule has 7 heteroatoms. The van der Waals surface area contributed by atoms with Crippen LogP contribution in [0.15, 0.2) is 34.2 Å². The summed E-state index contributed by atoms with van der Waals surface area (Å²) >= 11 is 1.36. The van der Waals surface area contributed by atoms with Crippen molar-refractivity contribution in [2.75, 3.05) is 20.3 Å². The van der Waals surface area contributed by atoms with Gasteiger partial charge < -0.3 is 10.1 Å². The number of nitrogens with one attached hydrogen (secondary N) is 1. The van der Waals surface area contributed by atoms with Crippen molar-refractivity contribution in [2.45, 2.75) is 56.5 Å². The molecule has 1 aliphatic carbocycles. The van der Waals surface area contributed by atoms with Gasteiger partial charge >= 0.3 is 0 Å². The molecule has 1 saturated carbocycles. The number of benzene rings is 1. The van der Waals surface area contributed by atoms with Crippen LogP contribution < -0.4 is 10.9 Å². The molecular weight excluding hydrogens is 386 g/mol. The van der Waals surface area contributed by atoms with Gasteiger partial charge in [0.1, 0.15) is 0 Å². The molecule has 0 aliphatic heterocycles. The smallest absolute Gasteiger partial charge is 0.262 e. The zero-order valence-corrected chi connectivity index (χ0v) is 18.5. The maximum Gasteiger partial charge on any atom is 0.262 e. The highest BCUT2D eigenvalue weighted by Gasteiger charge is 2.32. The summed E-state index contributed by atoms with van der Waals surface area (Å²) in [6.45, 7) is 7.28. The van der Waals surface area contributed by atoms with E-state index in [1.807, 2.05) is 35.8 Å². The lowest BCUT2D eigenvalue weighted by Crippen LogP contribution is -2.37. The molecule has 1 heterocycles. The maximum atomic E-state index is 13.5. The Balaban J connectivity index is 1.98. The Kier molecular flexibility index (Phi) is 7.35. The van der Waals surface area contributed by atoms with Crippen molar-refractivity contribution in [2.24, 2.45) is 11.8 Å². The van der Waals surface area contributed by atoms with E-state index >= 15 is 0 Å². The molecule has 1 amide bonds. The van der Waals surface area contributed by atoms with Crippen LogP contribution in [0.3, 0.4) is 0 Å². The first-order valence-corrected chi connectivity index (χ1v) is 11.3. The number of amides is 1. The molecule has 29 heavy (non-hydrogen) atoms. The van der Waals surface area contributed by atoms with Crippen LogP contribution >= 0.6 is 11.8 Å². The quantitative estimate of drug-likeness (QED) is 0.423. The number of rotatable bonds is 7. The normalized spacial score (nSPS) is 23.1. The second-order valence-electron chi connectivity index (χ2n) is 7.97. The molecule has 3 rings (SSSR count). The summed E-state index contributed by atoms with van der Waals surface area (Å²) in [5.74, 6) is 0.861. The fourth-order valence-electron chi connectivity index (χ4n) is 4.05. The van der Waals surface area contributed by atoms with E-state index in [9.17, 15) is 9.59 Å². The molecular formula is C22H31N3O3S. The zero-order chi connectivity index (χ0) is 21.0. The van der Waals surface area contributed by atoms with E-state index < -0.39 is 0 Å². The van der Waals surface area contributed by atoms with Gasteiger partial charge in [0.2, 0.25) is 5.91 Å². The van der Waals surface area contributed by atoms with Crippen molar-refractivity contribution in [3.63, 3.8) is 0 Å². The molecule has 0 saturated heterocycles. The van der Waals surface area contributed by atoms with E-state index in [0.29, 0.717) is 41.0 Å². The van der Waals surface area contributed by atoms with Crippen LogP contribution in [0, 0.1) is 11.8 Å². The molecule has 0 unspecified atom stereocenters. The lowest BCUT2D eigenvalue weighted by atomic mass is 9.78. The highest BCUT2D eigenvalue weighted by molar-refractivity contribution is 8.00. The molecule has 2 aromatic rings. The summed E-state index contributed by atoms with van der Waals surface area (Å²) in [5, 5.41) is 3.78. The van der Waals surface area contributed by atoms with Crippen LogP contribution in [-0.4, -0.2) is 41.0 Å². The van der Waals surface area contributed by atoms with Gasteiger partial charge in [-0.15, -0.1) is 0 Å². The van der Waals surface area contributed by atoms with E-state index in [2.05, 4.69) is 19.2 Å². The fraction of sp³-hybridized carbons (Fsp3) is 0.591. The third-order valence-electron chi connectivity index (χ3n) is 6.03. The summed E-state index contributed by atoms with van der Waals surface area (Å²) < 4.78 is 6.86. The molecule has 0 spiro atoms. The average Bonchev–Trinajstić information content (AvgIpc) is 2.71. The van der Waals surface area contributed by atoms with Crippen LogP contribution in [0.1, 0.15) is 46.1 Å². The predicted molar refractivity (Wildman–Crippen MR) is 117 cm³/mol. The van der Waals surface area contributed by atoms with Crippen molar-refractivity contribution >= 4 is 28.6 Å². The number of fused-ring (bicyclic) bond motifs is 1. The largest absolute Gasteiger partial charge is 0.383 e. The molecule has 1 aliphatic rings. The zero-order valence-electron chi connectivity index (χ0n) is 17.7. The number of aromatic nitrogens is 2. The fourth-order valence-corrected chi connectivity index (χ4v) is 5.04. The minimum Gasteiger partial charge on any atom is -0.383 e. The van der Waals surface area contributed by atoms with Crippen LogP contribution in [0.5, 0.6) is 0 Å². The SMILES string of the molecule is COCCNC(=O)[C@H](C)Sc1nc2ccccc2c(=O)n1[C@@H]1CCC[C@H](C)[C@H]1C.